The van der Waals surface area contributed by atoms with Crippen molar-refractivity contribution in [3.63, 3.8) is 0 Å². The zero-order chi connectivity index (χ0) is 16.2. The van der Waals surface area contributed by atoms with Gasteiger partial charge in [0.15, 0.2) is 11.5 Å². The van der Waals surface area contributed by atoms with Gasteiger partial charge in [0.25, 0.3) is 0 Å². The molecule has 1 atom stereocenters. The van der Waals surface area contributed by atoms with Gasteiger partial charge >= 0.3 is 0 Å². The van der Waals surface area contributed by atoms with Gasteiger partial charge in [-0.05, 0) is 29.8 Å². The lowest BCUT2D eigenvalue weighted by Gasteiger charge is -2.27. The molecule has 1 aliphatic rings. The van der Waals surface area contributed by atoms with Crippen molar-refractivity contribution in [3.8, 4) is 28.4 Å². The molecular formula is C16H14ClN3O3. The van der Waals surface area contributed by atoms with Crippen molar-refractivity contribution < 1.29 is 14.2 Å². The van der Waals surface area contributed by atoms with E-state index >= 15 is 0 Å². The van der Waals surface area contributed by atoms with E-state index in [4.69, 9.17) is 31.3 Å². The highest BCUT2D eigenvalue weighted by molar-refractivity contribution is 6.33. The van der Waals surface area contributed by atoms with Crippen LogP contribution in [0.2, 0.25) is 5.02 Å². The second-order valence-electron chi connectivity index (χ2n) is 4.94. The molecular weight excluding hydrogens is 318 g/mol. The van der Waals surface area contributed by atoms with Crippen LogP contribution >= 0.6 is 11.6 Å². The third-order valence-electron chi connectivity index (χ3n) is 3.50. The van der Waals surface area contributed by atoms with Crippen LogP contribution in [0.15, 0.2) is 41.5 Å². The molecule has 1 aliphatic heterocycles. The minimum Gasteiger partial charge on any atom is -0.497 e. The maximum absolute atomic E-state index is 8.44. The monoisotopic (exact) mass is 331 g/mol. The van der Waals surface area contributed by atoms with Crippen LogP contribution in [-0.2, 0) is 0 Å². The highest BCUT2D eigenvalue weighted by atomic mass is 35.5. The summed E-state index contributed by atoms with van der Waals surface area (Å²) in [6.45, 7) is 0.548. The lowest BCUT2D eigenvalue weighted by Crippen LogP contribution is -2.31. The van der Waals surface area contributed by atoms with Crippen LogP contribution < -0.4 is 14.2 Å². The number of halogens is 1. The second-order valence-corrected chi connectivity index (χ2v) is 5.35. The van der Waals surface area contributed by atoms with Crippen molar-refractivity contribution in [3.05, 3.63) is 51.9 Å². The van der Waals surface area contributed by atoms with Gasteiger partial charge in [-0.1, -0.05) is 28.8 Å². The first-order chi connectivity index (χ1) is 11.2. The van der Waals surface area contributed by atoms with Gasteiger partial charge in [-0.15, -0.1) is 0 Å². The Balaban J connectivity index is 2.00. The molecule has 6 nitrogen and oxygen atoms in total. The molecule has 0 radical (unpaired) electrons. The molecule has 0 N–H and O–H groups in total. The highest BCUT2D eigenvalue weighted by Gasteiger charge is 2.24. The van der Waals surface area contributed by atoms with Gasteiger partial charge in [0.2, 0.25) is 0 Å². The lowest BCUT2D eigenvalue weighted by molar-refractivity contribution is 0.0977. The van der Waals surface area contributed by atoms with Gasteiger partial charge in [0.05, 0.1) is 18.7 Å². The molecule has 0 unspecified atom stereocenters. The molecule has 0 aliphatic carbocycles. The van der Waals surface area contributed by atoms with Crippen LogP contribution in [-0.4, -0.2) is 26.4 Å². The van der Waals surface area contributed by atoms with Gasteiger partial charge in [-0.3, -0.25) is 0 Å². The van der Waals surface area contributed by atoms with E-state index in [-0.39, 0.29) is 12.6 Å². The number of methoxy groups -OCH3 is 1. The number of para-hydroxylation sites is 1. The van der Waals surface area contributed by atoms with Gasteiger partial charge in [-0.2, -0.15) is 0 Å². The molecule has 3 rings (SSSR count). The molecule has 118 valence electrons. The number of fused-ring (bicyclic) bond motifs is 1. The fourth-order valence-corrected chi connectivity index (χ4v) is 2.68. The summed E-state index contributed by atoms with van der Waals surface area (Å²) < 4.78 is 16.8. The third kappa shape index (κ3) is 3.13. The van der Waals surface area contributed by atoms with E-state index in [9.17, 15) is 0 Å². The van der Waals surface area contributed by atoms with Crippen molar-refractivity contribution in [1.29, 1.82) is 0 Å². The van der Waals surface area contributed by atoms with Crippen molar-refractivity contribution in [2.45, 2.75) is 6.10 Å². The standard InChI is InChI=1S/C16H14ClN3O3/c1-21-10-5-6-12(14(17)7-10)13-3-2-4-15-16(13)23-11(9-22-15)8-19-20-18/h2-7,11H,8-9H2,1H3/t11-/m0/s1. The lowest BCUT2D eigenvalue weighted by atomic mass is 10.0. The van der Waals surface area contributed by atoms with Crippen LogP contribution in [0.5, 0.6) is 17.2 Å². The summed E-state index contributed by atoms with van der Waals surface area (Å²) in [5.74, 6) is 1.93. The quantitative estimate of drug-likeness (QED) is 0.471. The van der Waals surface area contributed by atoms with Crippen LogP contribution in [0, 0.1) is 0 Å². The molecule has 0 saturated heterocycles. The number of nitrogens with zero attached hydrogens (tertiary/aromatic N) is 3. The topological polar surface area (TPSA) is 76.5 Å². The van der Waals surface area contributed by atoms with Gasteiger partial charge in [0, 0.05) is 16.0 Å². The fourth-order valence-electron chi connectivity index (χ4n) is 2.41. The summed E-state index contributed by atoms with van der Waals surface area (Å²) in [5.41, 5.74) is 10.1. The summed E-state index contributed by atoms with van der Waals surface area (Å²) >= 11 is 6.36. The number of hydrogen-bond acceptors (Lipinski definition) is 4. The number of hydrogen-bond donors (Lipinski definition) is 0. The Morgan fingerprint density at radius 3 is 2.96 bits per heavy atom. The predicted molar refractivity (Wildman–Crippen MR) is 87.4 cm³/mol. The first-order valence-electron chi connectivity index (χ1n) is 7.00. The molecule has 0 amide bonds. The molecule has 0 spiro atoms. The number of benzene rings is 2. The van der Waals surface area contributed by atoms with Crippen LogP contribution in [0.4, 0.5) is 0 Å². The SMILES string of the molecule is COc1ccc(-c2cccc3c2O[C@@H](CN=[N+]=[N-])CO3)c(Cl)c1. The summed E-state index contributed by atoms with van der Waals surface area (Å²) in [5, 5.41) is 4.10. The minimum absolute atomic E-state index is 0.209. The molecule has 0 bridgehead atoms. The minimum atomic E-state index is -0.323. The van der Waals surface area contributed by atoms with Crippen molar-refractivity contribution in [2.75, 3.05) is 20.3 Å². The molecule has 1 heterocycles. The van der Waals surface area contributed by atoms with Crippen molar-refractivity contribution in [1.82, 2.24) is 0 Å². The Hall–Kier alpha value is -2.56. The summed E-state index contributed by atoms with van der Waals surface area (Å²) in [6, 6.07) is 11.1. The normalized spacial score (nSPS) is 15.7. The van der Waals surface area contributed by atoms with Crippen LogP contribution in [0.3, 0.4) is 0 Å². The number of ether oxygens (including phenoxy) is 3. The Morgan fingerprint density at radius 1 is 1.35 bits per heavy atom. The Kier molecular flexibility index (Phi) is 4.46. The average molecular weight is 332 g/mol. The predicted octanol–water partition coefficient (Wildman–Crippen LogP) is 4.47. The molecule has 2 aromatic rings. The first-order valence-corrected chi connectivity index (χ1v) is 7.38. The number of rotatable bonds is 4. The van der Waals surface area contributed by atoms with Crippen LogP contribution in [0.25, 0.3) is 21.6 Å². The van der Waals surface area contributed by atoms with E-state index in [1.54, 1.807) is 13.2 Å². The van der Waals surface area contributed by atoms with E-state index < -0.39 is 0 Å². The van der Waals surface area contributed by atoms with Gasteiger partial charge in [0.1, 0.15) is 18.5 Å². The van der Waals surface area contributed by atoms with Crippen molar-refractivity contribution in [2.24, 2.45) is 5.11 Å². The van der Waals surface area contributed by atoms with E-state index in [1.165, 1.54) is 0 Å². The zero-order valence-electron chi connectivity index (χ0n) is 12.4. The first kappa shape index (κ1) is 15.3. The maximum Gasteiger partial charge on any atom is 0.169 e. The summed E-state index contributed by atoms with van der Waals surface area (Å²) in [6.07, 6.45) is -0.323. The summed E-state index contributed by atoms with van der Waals surface area (Å²) in [4.78, 5) is 2.75. The molecule has 23 heavy (non-hydrogen) atoms. The van der Waals surface area contributed by atoms with E-state index in [2.05, 4.69) is 10.0 Å². The van der Waals surface area contributed by atoms with E-state index in [0.29, 0.717) is 28.9 Å². The Labute approximate surface area is 138 Å². The molecule has 0 fully saturated rings. The molecule has 0 aromatic heterocycles. The Morgan fingerprint density at radius 2 is 2.22 bits per heavy atom. The largest absolute Gasteiger partial charge is 0.497 e. The fraction of sp³-hybridized carbons (Fsp3) is 0.250. The molecule has 0 saturated carbocycles. The zero-order valence-corrected chi connectivity index (χ0v) is 13.2. The number of azide groups is 1. The van der Waals surface area contributed by atoms with Gasteiger partial charge in [-0.25, -0.2) is 0 Å². The second kappa shape index (κ2) is 6.69. The Bertz CT molecular complexity index is 775. The van der Waals surface area contributed by atoms with Crippen molar-refractivity contribution >= 4 is 11.6 Å². The van der Waals surface area contributed by atoms with E-state index in [1.807, 2.05) is 30.3 Å². The van der Waals surface area contributed by atoms with Gasteiger partial charge < -0.3 is 14.2 Å². The molecule has 7 heteroatoms. The smallest absolute Gasteiger partial charge is 0.169 e. The maximum atomic E-state index is 8.44. The molecule has 2 aromatic carbocycles. The average Bonchev–Trinajstić information content (AvgIpc) is 2.59. The highest BCUT2D eigenvalue weighted by Crippen LogP contribution is 2.43. The van der Waals surface area contributed by atoms with Crippen LogP contribution in [0.1, 0.15) is 0 Å². The third-order valence-corrected chi connectivity index (χ3v) is 3.82. The van der Waals surface area contributed by atoms with E-state index in [0.717, 1.165) is 11.1 Å². The summed E-state index contributed by atoms with van der Waals surface area (Å²) in [7, 11) is 1.59.